The first kappa shape index (κ1) is 63.9. The minimum absolute atomic E-state index is 0.00111. The predicted octanol–water partition coefficient (Wildman–Crippen LogP) is 9.56. The van der Waals surface area contributed by atoms with Crippen molar-refractivity contribution in [2.45, 2.75) is 105 Å². The topological polar surface area (TPSA) is 332 Å². The van der Waals surface area contributed by atoms with E-state index in [1.807, 2.05) is 13.8 Å². The molecule has 10 bridgehead atoms. The number of rotatable bonds is 15. The van der Waals surface area contributed by atoms with Gasteiger partial charge in [-0.3, -0.25) is 33.6 Å². The maximum absolute atomic E-state index is 14.3. The fraction of sp³-hybridized carbons (Fsp3) is 0.379. The van der Waals surface area contributed by atoms with Crippen LogP contribution in [0.25, 0.3) is 43.4 Å². The average Bonchev–Trinajstić information content (AvgIpc) is 1.97. The first-order valence-electron chi connectivity index (χ1n) is 27.4. The summed E-state index contributed by atoms with van der Waals surface area (Å²) >= 11 is 7.18. The minimum Gasteiger partial charge on any atom is -0.481 e. The number of aliphatic carboxylic acids is 1. The van der Waals surface area contributed by atoms with Crippen molar-refractivity contribution in [1.82, 2.24) is 61.5 Å². The third kappa shape index (κ3) is 14.9. The molecule has 7 aromatic heterocycles. The van der Waals surface area contributed by atoms with Crippen molar-refractivity contribution < 1.29 is 48.5 Å². The molecular weight excluding hydrogens is 1230 g/mol. The van der Waals surface area contributed by atoms with E-state index in [2.05, 4.69) is 31.9 Å². The second-order valence-corrected chi connectivity index (χ2v) is 27.9. The molecule has 8 heterocycles. The number of aromatic nitrogens is 7. The Kier molecular flexibility index (Phi) is 19.9. The van der Waals surface area contributed by atoms with Crippen LogP contribution in [0.3, 0.4) is 0 Å². The van der Waals surface area contributed by atoms with Crippen LogP contribution >= 0.6 is 68.0 Å². The van der Waals surface area contributed by atoms with Crippen LogP contribution < -0.4 is 31.9 Å². The van der Waals surface area contributed by atoms with Crippen LogP contribution in [-0.4, -0.2) is 107 Å². The van der Waals surface area contributed by atoms with Crippen molar-refractivity contribution in [2.75, 3.05) is 26.0 Å². The molecule has 6 amide bonds. The lowest BCUT2D eigenvalue weighted by molar-refractivity contribution is -0.147. The number of hydrogen-bond acceptors (Lipinski definition) is 22. The molecule has 0 aliphatic carbocycles. The molecule has 0 spiro atoms. The Morgan fingerprint density at radius 1 is 0.690 bits per heavy atom. The molecule has 87 heavy (non-hydrogen) atoms. The van der Waals surface area contributed by atoms with E-state index in [1.54, 1.807) is 98.6 Å². The summed E-state index contributed by atoms with van der Waals surface area (Å²) in [5, 5.41) is 47.7. The highest BCUT2D eigenvalue weighted by molar-refractivity contribution is 7.15. The van der Waals surface area contributed by atoms with Crippen LogP contribution in [0.2, 0.25) is 0 Å². The molecular formula is C58H63N13O10S6. The Morgan fingerprint density at radius 2 is 1.37 bits per heavy atom. The second kappa shape index (κ2) is 27.2. The number of carbonyl (C=O) groups excluding carboxylic acids is 6. The first-order chi connectivity index (χ1) is 41.4. The van der Waals surface area contributed by atoms with Gasteiger partial charge in [0.05, 0.1) is 47.6 Å². The van der Waals surface area contributed by atoms with Crippen LogP contribution in [0.5, 0.6) is 0 Å². The molecule has 23 nitrogen and oxygen atoms in total. The quantitative estimate of drug-likeness (QED) is 0.0473. The smallest absolute Gasteiger partial charge is 0.309 e. The number of aliphatic hydroxyl groups excluding tert-OH is 1. The number of aliphatic hydroxyl groups is 1. The van der Waals surface area contributed by atoms with E-state index < -0.39 is 77.1 Å². The standard InChI is InChI=1S/C58H63N13O10S6/c1-27(2)40-54-71-43(36(87-54)22-81-9)47(76)60-21-39(73)68-44(45(74)29-14-11-10-12-15-29)53-65-35(25-84-53)51-63-33(23-83-51)42-30(16-17-31(61-42)50-66-37(26-85-50)67-55(78)57(4,5)18-13-19-58(6,7)56(79)80)49-64-34(24-82-49)46(75)62-32(20-38(72)59-8)52-70-41(28(3)86-52)48(77)69-40/h10-12,14-17,23-27,32,40,44-45,74H,13,18-22H2,1-9H3,(H,59,72)(H,60,76)(H,62,75)(H,67,78)(H,68,73)(H,69,77)(H,79,80)/t32-,40-,44-,45-/m0/s1. The van der Waals surface area contributed by atoms with E-state index in [0.29, 0.717) is 93.8 Å². The number of ether oxygens (including phenoxy) is 1. The van der Waals surface area contributed by atoms with E-state index in [1.165, 1.54) is 70.8 Å². The lowest BCUT2D eigenvalue weighted by atomic mass is 9.81. The monoisotopic (exact) mass is 1290 g/mol. The number of thiazole rings is 6. The number of aryl methyl sites for hydroxylation is 1. The molecule has 9 rings (SSSR count). The van der Waals surface area contributed by atoms with E-state index >= 15 is 0 Å². The maximum Gasteiger partial charge on any atom is 0.309 e. The Labute approximate surface area is 524 Å². The minimum atomic E-state index is -1.28. The molecule has 29 heteroatoms. The number of pyridine rings is 1. The highest BCUT2D eigenvalue weighted by Gasteiger charge is 2.35. The van der Waals surface area contributed by atoms with Gasteiger partial charge in [0.2, 0.25) is 17.7 Å². The summed E-state index contributed by atoms with van der Waals surface area (Å²) in [7, 11) is 2.94. The van der Waals surface area contributed by atoms with E-state index in [9.17, 15) is 43.8 Å². The third-order valence-electron chi connectivity index (χ3n) is 14.3. The number of nitrogens with zero attached hydrogens (tertiary/aromatic N) is 7. The molecule has 8 aromatic rings. The number of carboxylic acids is 1. The fourth-order valence-corrected chi connectivity index (χ4v) is 14.6. The summed E-state index contributed by atoms with van der Waals surface area (Å²) in [5.41, 5.74) is 0.909. The summed E-state index contributed by atoms with van der Waals surface area (Å²) in [5.74, 6) is -4.04. The van der Waals surface area contributed by atoms with Crippen molar-refractivity contribution in [1.29, 1.82) is 0 Å². The molecule has 1 aliphatic rings. The van der Waals surface area contributed by atoms with Gasteiger partial charge >= 0.3 is 5.97 Å². The Bertz CT molecular complexity index is 3860. The summed E-state index contributed by atoms with van der Waals surface area (Å²) in [6.07, 6.45) is -0.146. The van der Waals surface area contributed by atoms with Gasteiger partial charge in [0, 0.05) is 51.5 Å². The number of anilines is 1. The highest BCUT2D eigenvalue weighted by Crippen LogP contribution is 2.41. The Morgan fingerprint density at radius 3 is 2.09 bits per heavy atom. The molecule has 0 saturated carbocycles. The number of fused-ring (bicyclic) bond motifs is 14. The molecule has 0 unspecified atom stereocenters. The zero-order valence-electron chi connectivity index (χ0n) is 48.7. The van der Waals surface area contributed by atoms with Crippen molar-refractivity contribution >= 4 is 115 Å². The summed E-state index contributed by atoms with van der Waals surface area (Å²) in [4.78, 5) is 130. The predicted molar refractivity (Wildman–Crippen MR) is 335 cm³/mol. The summed E-state index contributed by atoms with van der Waals surface area (Å²) in [6, 6.07) is 9.49. The van der Waals surface area contributed by atoms with Crippen molar-refractivity contribution in [2.24, 2.45) is 16.7 Å². The van der Waals surface area contributed by atoms with Crippen LogP contribution in [-0.2, 0) is 30.5 Å². The van der Waals surface area contributed by atoms with Gasteiger partial charge in [0.15, 0.2) is 0 Å². The number of carbonyl (C=O) groups is 7. The fourth-order valence-electron chi connectivity index (χ4n) is 9.12. The largest absolute Gasteiger partial charge is 0.481 e. The SMILES string of the molecule is CNC(=O)C[C@@H]1NC(=O)c2csc(n2)-c2ccc(-c3nc(NC(=O)C(C)(C)CCCC(C)(C)C(=O)O)cs3)nc2-c2csc(n2)-c2csc(n2)[C@H]([C@@H](O)c2ccccc2)NC(=O)CNC(=O)c2nc(sc2COC)[C@H](C(C)C)NC(=O)c2nc1sc2C. The van der Waals surface area contributed by atoms with Gasteiger partial charge in [-0.15, -0.1) is 68.0 Å². The van der Waals surface area contributed by atoms with Gasteiger partial charge in [0.25, 0.3) is 17.7 Å². The Balaban J connectivity index is 1.10. The number of nitrogens with one attached hydrogen (secondary N) is 6. The Hall–Kier alpha value is -7.64. The van der Waals surface area contributed by atoms with Crippen LogP contribution in [0.15, 0.2) is 64.0 Å². The number of carboxylic acid groups (broad SMARTS) is 1. The van der Waals surface area contributed by atoms with Crippen molar-refractivity contribution in [3.05, 3.63) is 111 Å². The van der Waals surface area contributed by atoms with Gasteiger partial charge in [-0.2, -0.15) is 0 Å². The first-order valence-corrected chi connectivity index (χ1v) is 32.6. The molecule has 0 fully saturated rings. The summed E-state index contributed by atoms with van der Waals surface area (Å²) < 4.78 is 5.45. The zero-order chi connectivity index (χ0) is 62.5. The molecule has 8 N–H and O–H groups in total. The highest BCUT2D eigenvalue weighted by atomic mass is 32.1. The molecule has 456 valence electrons. The molecule has 1 aliphatic heterocycles. The van der Waals surface area contributed by atoms with Crippen LogP contribution in [0, 0.1) is 23.7 Å². The van der Waals surface area contributed by atoms with Crippen molar-refractivity contribution in [3.8, 4) is 43.4 Å². The van der Waals surface area contributed by atoms with Gasteiger partial charge < -0.3 is 46.9 Å². The molecule has 1 aromatic carbocycles. The zero-order valence-corrected chi connectivity index (χ0v) is 53.6. The normalized spacial score (nSPS) is 16.5. The van der Waals surface area contributed by atoms with E-state index in [0.717, 1.165) is 11.3 Å². The van der Waals surface area contributed by atoms with E-state index in [-0.39, 0.29) is 46.9 Å². The second-order valence-electron chi connectivity index (χ2n) is 22.1. The third-order valence-corrected chi connectivity index (χ3v) is 20.0. The lowest BCUT2D eigenvalue weighted by Crippen LogP contribution is -2.40. The van der Waals surface area contributed by atoms with Crippen LogP contribution in [0.4, 0.5) is 5.82 Å². The number of methoxy groups -OCH3 is 1. The summed E-state index contributed by atoms with van der Waals surface area (Å²) in [6.45, 7) is 11.9. The average molecular weight is 1290 g/mol. The lowest BCUT2D eigenvalue weighted by Gasteiger charge is -2.25. The van der Waals surface area contributed by atoms with Crippen LogP contribution in [0.1, 0.15) is 153 Å². The van der Waals surface area contributed by atoms with Crippen molar-refractivity contribution in [3.63, 3.8) is 0 Å². The molecule has 4 atom stereocenters. The maximum atomic E-state index is 14.3. The number of amides is 6. The van der Waals surface area contributed by atoms with Gasteiger partial charge in [-0.25, -0.2) is 34.9 Å². The number of benzene rings is 1. The number of hydrogen-bond donors (Lipinski definition) is 8. The molecule has 0 saturated heterocycles. The van der Waals surface area contributed by atoms with Gasteiger partial charge in [0.1, 0.15) is 82.2 Å². The van der Waals surface area contributed by atoms with Gasteiger partial charge in [-0.1, -0.05) is 64.4 Å². The van der Waals surface area contributed by atoms with E-state index in [4.69, 9.17) is 39.6 Å². The van der Waals surface area contributed by atoms with Gasteiger partial charge in [-0.05, 0) is 57.2 Å². The molecule has 0 radical (unpaired) electrons.